The van der Waals surface area contributed by atoms with E-state index < -0.39 is 6.10 Å². The Kier molecular flexibility index (Phi) is 4.29. The van der Waals surface area contributed by atoms with Crippen LogP contribution in [0.2, 0.25) is 0 Å². The molecule has 2 aromatic carbocycles. The standard InChI is InChI=1S/C19H17N3O2S/c1-13(23)12-25-19-21-20-18(22(19)15-8-3-2-4-9-15)17-11-14-7-5-6-10-16(14)24-17/h2-11,13,23H,12H2,1H3. The number of thioether (sulfide) groups is 1. The SMILES string of the molecule is CC(O)CSc1nnc(-c2cc3ccccc3o2)n1-c1ccccc1. The molecule has 126 valence electrons. The number of rotatable bonds is 5. The smallest absolute Gasteiger partial charge is 0.205 e. The maximum Gasteiger partial charge on any atom is 0.205 e. The van der Waals surface area contributed by atoms with Gasteiger partial charge in [0.2, 0.25) is 5.82 Å². The molecule has 2 heterocycles. The number of furan rings is 1. The first kappa shape index (κ1) is 15.9. The molecule has 0 fully saturated rings. The Balaban J connectivity index is 1.84. The van der Waals surface area contributed by atoms with Crippen molar-refractivity contribution in [1.29, 1.82) is 0 Å². The van der Waals surface area contributed by atoms with E-state index in [1.54, 1.807) is 6.92 Å². The van der Waals surface area contributed by atoms with E-state index in [-0.39, 0.29) is 0 Å². The van der Waals surface area contributed by atoms with Gasteiger partial charge in [-0.2, -0.15) is 0 Å². The molecule has 0 saturated heterocycles. The lowest BCUT2D eigenvalue weighted by Crippen LogP contribution is -2.05. The average molecular weight is 351 g/mol. The van der Waals surface area contributed by atoms with Crippen LogP contribution in [0.1, 0.15) is 6.92 Å². The fourth-order valence-corrected chi connectivity index (χ4v) is 3.43. The highest BCUT2D eigenvalue weighted by Gasteiger charge is 2.19. The van der Waals surface area contributed by atoms with E-state index in [9.17, 15) is 5.11 Å². The number of aliphatic hydroxyl groups is 1. The molecule has 0 bridgehead atoms. The van der Waals surface area contributed by atoms with Crippen molar-refractivity contribution in [2.75, 3.05) is 5.75 Å². The number of benzene rings is 2. The second kappa shape index (κ2) is 6.74. The molecule has 0 radical (unpaired) electrons. The van der Waals surface area contributed by atoms with Crippen LogP contribution in [0.5, 0.6) is 0 Å². The average Bonchev–Trinajstić information content (AvgIpc) is 3.24. The van der Waals surface area contributed by atoms with Gasteiger partial charge in [0.05, 0.1) is 6.10 Å². The lowest BCUT2D eigenvalue weighted by atomic mass is 10.2. The number of para-hydroxylation sites is 2. The van der Waals surface area contributed by atoms with Gasteiger partial charge in [-0.3, -0.25) is 4.57 Å². The molecule has 25 heavy (non-hydrogen) atoms. The molecule has 1 N–H and O–H groups in total. The van der Waals surface area contributed by atoms with Gasteiger partial charge in [0.15, 0.2) is 10.9 Å². The van der Waals surface area contributed by atoms with Crippen molar-refractivity contribution >= 4 is 22.7 Å². The Hall–Kier alpha value is -2.57. The van der Waals surface area contributed by atoms with Crippen LogP contribution in [0.15, 0.2) is 70.2 Å². The van der Waals surface area contributed by atoms with Crippen molar-refractivity contribution in [3.05, 3.63) is 60.7 Å². The summed E-state index contributed by atoms with van der Waals surface area (Å²) in [5, 5.41) is 20.0. The molecule has 1 unspecified atom stereocenters. The fourth-order valence-electron chi connectivity index (χ4n) is 2.62. The van der Waals surface area contributed by atoms with Crippen LogP contribution in [-0.2, 0) is 0 Å². The Bertz CT molecular complexity index is 959. The Morgan fingerprint density at radius 1 is 1.08 bits per heavy atom. The predicted octanol–water partition coefficient (Wildman–Crippen LogP) is 4.15. The summed E-state index contributed by atoms with van der Waals surface area (Å²) in [7, 11) is 0. The second-order valence-electron chi connectivity index (χ2n) is 5.79. The van der Waals surface area contributed by atoms with Crippen molar-refractivity contribution in [2.24, 2.45) is 0 Å². The first-order valence-corrected chi connectivity index (χ1v) is 9.01. The summed E-state index contributed by atoms with van der Waals surface area (Å²) in [6.07, 6.45) is -0.416. The largest absolute Gasteiger partial charge is 0.453 e. The van der Waals surface area contributed by atoms with Crippen LogP contribution in [0.25, 0.3) is 28.2 Å². The van der Waals surface area contributed by atoms with Crippen LogP contribution in [0, 0.1) is 0 Å². The highest BCUT2D eigenvalue weighted by atomic mass is 32.2. The molecular weight excluding hydrogens is 334 g/mol. The topological polar surface area (TPSA) is 64.1 Å². The molecule has 4 rings (SSSR count). The highest BCUT2D eigenvalue weighted by molar-refractivity contribution is 7.99. The van der Waals surface area contributed by atoms with E-state index in [1.807, 2.05) is 65.2 Å². The monoisotopic (exact) mass is 351 g/mol. The normalized spacial score (nSPS) is 12.6. The lowest BCUT2D eigenvalue weighted by Gasteiger charge is -2.09. The van der Waals surface area contributed by atoms with Crippen molar-refractivity contribution in [2.45, 2.75) is 18.2 Å². The van der Waals surface area contributed by atoms with Crippen molar-refractivity contribution in [3.8, 4) is 17.3 Å². The zero-order chi connectivity index (χ0) is 17.2. The van der Waals surface area contributed by atoms with E-state index in [4.69, 9.17) is 4.42 Å². The number of hydrogen-bond acceptors (Lipinski definition) is 5. The molecule has 0 aliphatic heterocycles. The summed E-state index contributed by atoms with van der Waals surface area (Å²) in [4.78, 5) is 0. The van der Waals surface area contributed by atoms with Crippen molar-refractivity contribution < 1.29 is 9.52 Å². The summed E-state index contributed by atoms with van der Waals surface area (Å²) in [6, 6.07) is 19.8. The fraction of sp³-hybridized carbons (Fsp3) is 0.158. The second-order valence-corrected chi connectivity index (χ2v) is 6.77. The molecule has 0 saturated carbocycles. The van der Waals surface area contributed by atoms with Crippen LogP contribution in [0.4, 0.5) is 0 Å². The number of hydrogen-bond donors (Lipinski definition) is 1. The van der Waals surface area contributed by atoms with Gasteiger partial charge < -0.3 is 9.52 Å². The van der Waals surface area contributed by atoms with E-state index in [0.717, 1.165) is 21.8 Å². The van der Waals surface area contributed by atoms with Gasteiger partial charge in [0.1, 0.15) is 5.58 Å². The van der Waals surface area contributed by atoms with Gasteiger partial charge in [-0.05, 0) is 31.2 Å². The summed E-state index contributed by atoms with van der Waals surface area (Å²) < 4.78 is 7.94. The van der Waals surface area contributed by atoms with E-state index >= 15 is 0 Å². The summed E-state index contributed by atoms with van der Waals surface area (Å²) in [5.74, 6) is 1.86. The first-order valence-electron chi connectivity index (χ1n) is 8.03. The summed E-state index contributed by atoms with van der Waals surface area (Å²) in [6.45, 7) is 1.76. The van der Waals surface area contributed by atoms with Gasteiger partial charge in [0, 0.05) is 16.8 Å². The molecule has 0 aliphatic rings. The number of aromatic nitrogens is 3. The van der Waals surface area contributed by atoms with Crippen molar-refractivity contribution in [3.63, 3.8) is 0 Å². The maximum atomic E-state index is 9.60. The van der Waals surface area contributed by atoms with Gasteiger partial charge >= 0.3 is 0 Å². The third kappa shape index (κ3) is 3.18. The zero-order valence-electron chi connectivity index (χ0n) is 13.7. The third-order valence-electron chi connectivity index (χ3n) is 3.75. The van der Waals surface area contributed by atoms with Crippen LogP contribution < -0.4 is 0 Å². The minimum Gasteiger partial charge on any atom is -0.453 e. The molecule has 6 heteroatoms. The molecular formula is C19H17N3O2S. The molecule has 4 aromatic rings. The Morgan fingerprint density at radius 3 is 2.60 bits per heavy atom. The van der Waals surface area contributed by atoms with E-state index in [0.29, 0.717) is 17.3 Å². The van der Waals surface area contributed by atoms with Gasteiger partial charge in [-0.15, -0.1) is 10.2 Å². The van der Waals surface area contributed by atoms with Gasteiger partial charge in [0.25, 0.3) is 0 Å². The molecule has 0 aliphatic carbocycles. The highest BCUT2D eigenvalue weighted by Crippen LogP contribution is 2.31. The van der Waals surface area contributed by atoms with Crippen LogP contribution in [0.3, 0.4) is 0 Å². The molecule has 5 nitrogen and oxygen atoms in total. The van der Waals surface area contributed by atoms with Crippen LogP contribution >= 0.6 is 11.8 Å². The van der Waals surface area contributed by atoms with Gasteiger partial charge in [-0.1, -0.05) is 48.2 Å². The Labute approximate surface area is 149 Å². The summed E-state index contributed by atoms with van der Waals surface area (Å²) in [5.41, 5.74) is 1.77. The van der Waals surface area contributed by atoms with Gasteiger partial charge in [-0.25, -0.2) is 0 Å². The summed E-state index contributed by atoms with van der Waals surface area (Å²) >= 11 is 1.47. The van der Waals surface area contributed by atoms with E-state index in [1.165, 1.54) is 11.8 Å². The predicted molar refractivity (Wildman–Crippen MR) is 99.0 cm³/mol. The number of nitrogens with zero attached hydrogens (tertiary/aromatic N) is 3. The molecule has 0 amide bonds. The zero-order valence-corrected chi connectivity index (χ0v) is 14.5. The minimum atomic E-state index is -0.416. The quantitative estimate of drug-likeness (QED) is 0.547. The Morgan fingerprint density at radius 2 is 1.84 bits per heavy atom. The lowest BCUT2D eigenvalue weighted by molar-refractivity contribution is 0.220. The minimum absolute atomic E-state index is 0.416. The number of fused-ring (bicyclic) bond motifs is 1. The van der Waals surface area contributed by atoms with Crippen molar-refractivity contribution in [1.82, 2.24) is 14.8 Å². The molecule has 2 aromatic heterocycles. The maximum absolute atomic E-state index is 9.60. The number of aliphatic hydroxyl groups excluding tert-OH is 1. The molecule has 0 spiro atoms. The first-order chi connectivity index (χ1) is 12.2. The molecule has 1 atom stereocenters. The van der Waals surface area contributed by atoms with Crippen LogP contribution in [-0.4, -0.2) is 31.7 Å². The third-order valence-corrected chi connectivity index (χ3v) is 4.92. The van der Waals surface area contributed by atoms with E-state index in [2.05, 4.69) is 10.2 Å².